The molecule has 0 fully saturated rings. The van der Waals surface area contributed by atoms with Crippen LogP contribution in [0.4, 0.5) is 17.6 Å². The first kappa shape index (κ1) is 48.4. The van der Waals surface area contributed by atoms with Gasteiger partial charge in [0.25, 0.3) is 0 Å². The molecule has 10 aromatic rings. The Morgan fingerprint density at radius 2 is 1.00 bits per heavy atom. The number of nitrogens with zero attached hydrogens (tertiary/aromatic N) is 4. The summed E-state index contributed by atoms with van der Waals surface area (Å²) >= 11 is 0. The number of ether oxygens (including phenoxy) is 4. The number of para-hydroxylation sites is 2. The molecule has 0 bridgehead atoms. The van der Waals surface area contributed by atoms with E-state index in [4.69, 9.17) is 18.9 Å². The van der Waals surface area contributed by atoms with Gasteiger partial charge in [0.15, 0.2) is 71.0 Å². The predicted octanol–water partition coefficient (Wildman–Crippen LogP) is 12.6. The van der Waals surface area contributed by atoms with Crippen LogP contribution in [-0.4, -0.2) is 58.2 Å². The van der Waals surface area contributed by atoms with Gasteiger partial charge >= 0.3 is 0 Å². The van der Waals surface area contributed by atoms with Crippen LogP contribution in [0.3, 0.4) is 0 Å². The van der Waals surface area contributed by atoms with Crippen molar-refractivity contribution in [1.29, 1.82) is 0 Å². The van der Waals surface area contributed by atoms with Gasteiger partial charge in [0.2, 0.25) is 0 Å². The molecule has 0 amide bonds. The van der Waals surface area contributed by atoms with Gasteiger partial charge in [-0.05, 0) is 97.1 Å². The van der Waals surface area contributed by atoms with Crippen LogP contribution in [0.2, 0.25) is 0 Å². The number of H-pyrrole nitrogens is 2. The van der Waals surface area contributed by atoms with E-state index in [9.17, 15) is 34.4 Å². The van der Waals surface area contributed by atoms with Crippen LogP contribution in [0.1, 0.15) is 13.8 Å². The number of aromatic nitrogens is 6. The zero-order chi connectivity index (χ0) is 50.6. The Morgan fingerprint density at radius 1 is 0.472 bits per heavy atom. The zero-order valence-electron chi connectivity index (χ0n) is 37.8. The van der Waals surface area contributed by atoms with Crippen LogP contribution in [0, 0.1) is 23.3 Å². The van der Waals surface area contributed by atoms with Crippen molar-refractivity contribution in [2.24, 2.45) is 0 Å². The predicted molar refractivity (Wildman–Crippen MR) is 260 cm³/mol. The fourth-order valence-electron chi connectivity index (χ4n) is 7.18. The van der Waals surface area contributed by atoms with Gasteiger partial charge in [-0.25, -0.2) is 39.4 Å². The minimum Gasteiger partial charge on any atom is -0.457 e. The molecule has 0 saturated heterocycles. The Morgan fingerprint density at radius 3 is 1.49 bits per heavy atom. The van der Waals surface area contributed by atoms with E-state index >= 15 is 0 Å². The van der Waals surface area contributed by atoms with E-state index in [0.29, 0.717) is 56.1 Å². The van der Waals surface area contributed by atoms with Crippen molar-refractivity contribution in [2.75, 3.05) is 11.5 Å². The Labute approximate surface area is 408 Å². The third-order valence-electron chi connectivity index (χ3n) is 10.8. The number of hydrogen-bond acceptors (Lipinski definition) is 12. The number of aromatic amines is 2. The molecule has 10 rings (SSSR count). The van der Waals surface area contributed by atoms with Crippen LogP contribution in [0.15, 0.2) is 168 Å². The first-order valence-corrected chi connectivity index (χ1v) is 25.1. The number of nitrogens with one attached hydrogen (secondary N) is 2. The summed E-state index contributed by atoms with van der Waals surface area (Å²) in [6.07, 6.45) is 7.61. The number of hydrogen-bond donors (Lipinski definition) is 2. The maximum Gasteiger partial charge on any atom is 0.198 e. The molecule has 0 atom stereocenters. The number of benzene rings is 5. The molecule has 72 heavy (non-hydrogen) atoms. The molecule has 5 aromatic carbocycles. The minimum atomic E-state index is -3.46. The van der Waals surface area contributed by atoms with Crippen molar-refractivity contribution < 1.29 is 53.3 Å². The van der Waals surface area contributed by atoms with E-state index in [1.165, 1.54) is 73.8 Å². The van der Waals surface area contributed by atoms with Crippen LogP contribution in [0.25, 0.3) is 44.6 Å². The summed E-state index contributed by atoms with van der Waals surface area (Å²) in [6.45, 7) is 3.10. The molecule has 0 aliphatic heterocycles. The Hall–Kier alpha value is -8.62. The fraction of sp³-hybridized carbons (Fsp3) is 0.0769. The van der Waals surface area contributed by atoms with Crippen LogP contribution >= 0.6 is 0 Å². The third kappa shape index (κ3) is 10.6. The van der Waals surface area contributed by atoms with Gasteiger partial charge in [-0.15, -0.1) is 0 Å². The van der Waals surface area contributed by atoms with Gasteiger partial charge in [-0.3, -0.25) is 15.0 Å². The van der Waals surface area contributed by atoms with E-state index in [2.05, 4.69) is 29.9 Å². The van der Waals surface area contributed by atoms with E-state index in [-0.39, 0.29) is 44.4 Å². The molecular weight excluding hydrogens is 977 g/mol. The lowest BCUT2D eigenvalue weighted by Gasteiger charge is -2.12. The van der Waals surface area contributed by atoms with E-state index < -0.39 is 54.4 Å². The number of pyridine rings is 2. The lowest BCUT2D eigenvalue weighted by molar-refractivity contribution is 0.406. The Balaban J connectivity index is 0.000000178. The molecule has 0 aliphatic rings. The van der Waals surface area contributed by atoms with Crippen LogP contribution in [-0.2, 0) is 19.7 Å². The monoisotopic (exact) mass is 1010 g/mol. The number of fused-ring (bicyclic) bond motifs is 2. The first-order chi connectivity index (χ1) is 34.7. The quantitative estimate of drug-likeness (QED) is 0.0983. The van der Waals surface area contributed by atoms with Gasteiger partial charge in [0.1, 0.15) is 28.7 Å². The highest BCUT2D eigenvalue weighted by Gasteiger charge is 2.20. The van der Waals surface area contributed by atoms with E-state index in [1.54, 1.807) is 56.0 Å². The smallest absolute Gasteiger partial charge is 0.198 e. The average Bonchev–Trinajstić information content (AvgIpc) is 4.03. The minimum absolute atomic E-state index is 0.0151. The van der Waals surface area contributed by atoms with E-state index in [0.717, 1.165) is 24.3 Å². The Kier molecular flexibility index (Phi) is 13.7. The first-order valence-electron chi connectivity index (χ1n) is 21.8. The molecule has 0 saturated carbocycles. The second kappa shape index (κ2) is 20.4. The molecule has 0 radical (unpaired) electrons. The fourth-order valence-corrected chi connectivity index (χ4v) is 8.85. The summed E-state index contributed by atoms with van der Waals surface area (Å²) < 4.78 is 129. The lowest BCUT2D eigenvalue weighted by Crippen LogP contribution is -2.05. The lowest BCUT2D eigenvalue weighted by atomic mass is 10.2. The normalized spacial score (nSPS) is 11.5. The number of sulfone groups is 2. The summed E-state index contributed by atoms with van der Waals surface area (Å²) in [5, 5.41) is 1.21. The topological polar surface area (TPSA) is 188 Å². The maximum absolute atomic E-state index is 14.3. The zero-order valence-corrected chi connectivity index (χ0v) is 39.4. The largest absolute Gasteiger partial charge is 0.457 e. The molecule has 20 heteroatoms. The molecular formula is C52H38F4N6O8S2. The summed E-state index contributed by atoms with van der Waals surface area (Å²) in [7, 11) is -6.81. The van der Waals surface area contributed by atoms with Crippen molar-refractivity contribution in [3.8, 4) is 68.8 Å². The summed E-state index contributed by atoms with van der Waals surface area (Å²) in [5.74, 6) is -3.16. The standard InChI is InChI=1S/2C26H19F2N3O4S/c1-2-36(32,33)24-10-9-17(15-30-24)34-18-12-16-13-22(21-8-3-4-11-29-21)31-25(16)23(14-18)35-26-19(27)6-5-7-20(26)28;1-2-36(32,33)19-8-6-17(7-9-19)34-18-12-16-13-22(23-15-29-10-11-30-23)31-25(16)24(14-18)35-26-20(27)4-3-5-21(26)28/h2*3-15,31H,2H2,1H3. The molecule has 0 unspecified atom stereocenters. The van der Waals surface area contributed by atoms with Gasteiger partial charge < -0.3 is 28.9 Å². The third-order valence-corrected chi connectivity index (χ3v) is 14.2. The van der Waals surface area contributed by atoms with Crippen LogP contribution in [0.5, 0.6) is 46.0 Å². The Bertz CT molecular complexity index is 3520. The van der Waals surface area contributed by atoms with Gasteiger partial charge in [-0.1, -0.05) is 32.0 Å². The molecule has 0 aliphatic carbocycles. The van der Waals surface area contributed by atoms with E-state index in [1.807, 2.05) is 18.2 Å². The molecule has 5 aromatic heterocycles. The summed E-state index contributed by atoms with van der Waals surface area (Å²) in [4.78, 5) is 23.2. The van der Waals surface area contributed by atoms with Crippen LogP contribution < -0.4 is 18.9 Å². The van der Waals surface area contributed by atoms with Gasteiger partial charge in [0, 0.05) is 41.5 Å². The molecule has 5 heterocycles. The van der Waals surface area contributed by atoms with Crippen molar-refractivity contribution in [3.05, 3.63) is 182 Å². The maximum atomic E-state index is 14.3. The number of rotatable bonds is 14. The second-order valence-electron chi connectivity index (χ2n) is 15.6. The highest BCUT2D eigenvalue weighted by molar-refractivity contribution is 7.91. The highest BCUT2D eigenvalue weighted by atomic mass is 32.2. The average molecular weight is 1020 g/mol. The molecule has 2 N–H and O–H groups in total. The molecule has 14 nitrogen and oxygen atoms in total. The van der Waals surface area contributed by atoms with Gasteiger partial charge in [0.05, 0.1) is 56.9 Å². The SMILES string of the molecule is CCS(=O)(=O)c1ccc(Oc2cc(Oc3c(F)cccc3F)c3[nH]c(-c4ccccn4)cc3c2)cn1.CCS(=O)(=O)c1ccc(Oc2cc(Oc3c(F)cccc3F)c3[nH]c(-c4cnccn4)cc3c2)cc1. The summed E-state index contributed by atoms with van der Waals surface area (Å²) in [6, 6.07) is 31.1. The molecule has 364 valence electrons. The highest BCUT2D eigenvalue weighted by Crippen LogP contribution is 2.41. The van der Waals surface area contributed by atoms with Crippen molar-refractivity contribution in [3.63, 3.8) is 0 Å². The second-order valence-corrected chi connectivity index (χ2v) is 20.1. The molecule has 0 spiro atoms. The number of halogens is 4. The van der Waals surface area contributed by atoms with Crippen molar-refractivity contribution >= 4 is 41.5 Å². The van der Waals surface area contributed by atoms with Crippen molar-refractivity contribution in [2.45, 2.75) is 23.8 Å². The summed E-state index contributed by atoms with van der Waals surface area (Å²) in [5.41, 5.74) is 3.45. The van der Waals surface area contributed by atoms with Crippen molar-refractivity contribution in [1.82, 2.24) is 29.9 Å². The van der Waals surface area contributed by atoms with Gasteiger partial charge in [-0.2, -0.15) is 0 Å².